The highest BCUT2D eigenvalue weighted by molar-refractivity contribution is 6.01. The molecule has 1 aliphatic carbocycles. The predicted molar refractivity (Wildman–Crippen MR) is 146 cm³/mol. The number of nitrogens with zero attached hydrogens (tertiary/aromatic N) is 2. The summed E-state index contributed by atoms with van der Waals surface area (Å²) in [5.74, 6) is 0.381. The van der Waals surface area contributed by atoms with E-state index in [1.165, 1.54) is 62.5 Å². The van der Waals surface area contributed by atoms with Crippen LogP contribution in [-0.4, -0.2) is 22.8 Å². The van der Waals surface area contributed by atoms with Crippen LogP contribution in [0.4, 0.5) is 0 Å². The van der Waals surface area contributed by atoms with Crippen LogP contribution in [-0.2, 0) is 0 Å². The fraction of sp³-hybridized carbons (Fsp3) is 0.516. The summed E-state index contributed by atoms with van der Waals surface area (Å²) in [6.45, 7) is 13.0. The van der Waals surface area contributed by atoms with E-state index in [1.807, 2.05) is 0 Å². The van der Waals surface area contributed by atoms with E-state index in [1.54, 1.807) is 0 Å². The van der Waals surface area contributed by atoms with Gasteiger partial charge in [0.05, 0.1) is 11.8 Å². The number of hydrogen-bond acceptors (Lipinski definition) is 2. The van der Waals surface area contributed by atoms with Gasteiger partial charge in [-0.2, -0.15) is 5.10 Å². The Hall–Kier alpha value is -2.35. The maximum absolute atomic E-state index is 5.48. The highest BCUT2D eigenvalue weighted by atomic mass is 15.5. The van der Waals surface area contributed by atoms with Crippen molar-refractivity contribution < 1.29 is 0 Å². The molecule has 0 N–H and O–H groups in total. The van der Waals surface area contributed by atoms with Crippen molar-refractivity contribution in [3.63, 3.8) is 0 Å². The third-order valence-electron chi connectivity index (χ3n) is 6.98. The minimum atomic E-state index is 0.316. The zero-order valence-corrected chi connectivity index (χ0v) is 21.5. The molecule has 1 aromatic carbocycles. The molecule has 1 saturated carbocycles. The Balaban J connectivity index is 2.57. The van der Waals surface area contributed by atoms with Gasteiger partial charge in [-0.1, -0.05) is 118 Å². The van der Waals surface area contributed by atoms with Crippen LogP contribution in [0.3, 0.4) is 0 Å². The van der Waals surface area contributed by atoms with E-state index >= 15 is 0 Å². The van der Waals surface area contributed by atoms with Gasteiger partial charge in [0.25, 0.3) is 0 Å². The lowest BCUT2D eigenvalue weighted by Gasteiger charge is -2.37. The topological polar surface area (TPSA) is 15.6 Å². The number of hydrogen-bond donors (Lipinski definition) is 0. The minimum absolute atomic E-state index is 0.316. The first-order valence-electron chi connectivity index (χ1n) is 13.1. The second-order valence-corrected chi connectivity index (χ2v) is 9.56. The van der Waals surface area contributed by atoms with Crippen molar-refractivity contribution in [3.05, 3.63) is 84.5 Å². The van der Waals surface area contributed by atoms with Crippen molar-refractivity contribution in [1.82, 2.24) is 5.01 Å². The minimum Gasteiger partial charge on any atom is -0.290 e. The van der Waals surface area contributed by atoms with Gasteiger partial charge in [0.15, 0.2) is 0 Å². The van der Waals surface area contributed by atoms with Crippen molar-refractivity contribution >= 4 is 5.71 Å². The maximum atomic E-state index is 5.48. The second-order valence-electron chi connectivity index (χ2n) is 9.56. The molecule has 1 aliphatic rings. The third-order valence-corrected chi connectivity index (χ3v) is 6.98. The predicted octanol–water partition coefficient (Wildman–Crippen LogP) is 8.89. The lowest BCUT2D eigenvalue weighted by Crippen LogP contribution is -2.41. The van der Waals surface area contributed by atoms with Gasteiger partial charge in [0.2, 0.25) is 0 Å². The molecule has 0 spiro atoms. The van der Waals surface area contributed by atoms with E-state index in [2.05, 4.69) is 106 Å². The van der Waals surface area contributed by atoms with Gasteiger partial charge in [-0.25, -0.2) is 0 Å². The number of hydrazone groups is 1. The molecule has 0 radical (unpaired) electrons. The summed E-state index contributed by atoms with van der Waals surface area (Å²) < 4.78 is 0. The third kappa shape index (κ3) is 9.58. The number of rotatable bonds is 8. The molecule has 1 fully saturated rings. The second kappa shape index (κ2) is 15.5. The molecule has 0 saturated heterocycles. The summed E-state index contributed by atoms with van der Waals surface area (Å²) in [6, 6.07) is 19.8. The highest BCUT2D eigenvalue weighted by Crippen LogP contribution is 2.27. The lowest BCUT2D eigenvalue weighted by molar-refractivity contribution is 0.109. The van der Waals surface area contributed by atoms with Gasteiger partial charge in [-0.3, -0.25) is 5.01 Å². The van der Waals surface area contributed by atoms with Gasteiger partial charge in [0.1, 0.15) is 0 Å². The summed E-state index contributed by atoms with van der Waals surface area (Å²) in [4.78, 5) is 0. The zero-order chi connectivity index (χ0) is 23.9. The summed E-state index contributed by atoms with van der Waals surface area (Å²) in [5.41, 5.74) is 3.67. The lowest BCUT2D eigenvalue weighted by atomic mass is 9.97. The first-order valence-corrected chi connectivity index (χ1v) is 13.1. The molecule has 2 nitrogen and oxygen atoms in total. The van der Waals surface area contributed by atoms with E-state index in [0.29, 0.717) is 18.0 Å². The van der Waals surface area contributed by atoms with Gasteiger partial charge < -0.3 is 0 Å². The summed E-state index contributed by atoms with van der Waals surface area (Å²) >= 11 is 0. The molecule has 180 valence electrons. The van der Waals surface area contributed by atoms with Crippen molar-refractivity contribution in [2.45, 2.75) is 97.6 Å². The molecule has 0 amide bonds. The molecule has 2 rings (SSSR count). The zero-order valence-electron chi connectivity index (χ0n) is 21.5. The first-order chi connectivity index (χ1) is 16.1. The SMILES string of the molecule is C=CC(C)C(C)N(/N=C(\C/C(C)=C\C)c1ccccccccc1)C1CCCCCCCC1. The van der Waals surface area contributed by atoms with Crippen LogP contribution in [0.2, 0.25) is 0 Å². The average molecular weight is 447 g/mol. The van der Waals surface area contributed by atoms with E-state index in [-0.39, 0.29) is 0 Å². The largest absolute Gasteiger partial charge is 0.290 e. The van der Waals surface area contributed by atoms with Crippen LogP contribution in [0.1, 0.15) is 91.0 Å². The quantitative estimate of drug-likeness (QED) is 0.221. The molecule has 0 heterocycles. The highest BCUT2D eigenvalue weighted by Gasteiger charge is 2.26. The van der Waals surface area contributed by atoms with E-state index in [4.69, 9.17) is 5.10 Å². The Kier molecular flexibility index (Phi) is 12.6. The Bertz CT molecular complexity index is 786. The fourth-order valence-corrected chi connectivity index (χ4v) is 4.41. The molecular formula is C31H46N2. The summed E-state index contributed by atoms with van der Waals surface area (Å²) in [7, 11) is 0. The molecule has 2 unspecified atom stereocenters. The van der Waals surface area contributed by atoms with Gasteiger partial charge in [0, 0.05) is 12.5 Å². The van der Waals surface area contributed by atoms with Gasteiger partial charge in [-0.15, -0.1) is 6.58 Å². The molecule has 1 aromatic rings. The first kappa shape index (κ1) is 26.9. The Morgan fingerprint density at radius 3 is 1.97 bits per heavy atom. The molecule has 2 heteroatoms. The van der Waals surface area contributed by atoms with Gasteiger partial charge >= 0.3 is 0 Å². The smallest absolute Gasteiger partial charge is 0.0718 e. The van der Waals surface area contributed by atoms with Crippen LogP contribution in [0, 0.1) is 5.92 Å². The van der Waals surface area contributed by atoms with Crippen molar-refractivity contribution in [1.29, 1.82) is 0 Å². The van der Waals surface area contributed by atoms with E-state index < -0.39 is 0 Å². The molecule has 33 heavy (non-hydrogen) atoms. The monoisotopic (exact) mass is 446 g/mol. The van der Waals surface area contributed by atoms with Crippen LogP contribution in [0.5, 0.6) is 0 Å². The van der Waals surface area contributed by atoms with Crippen LogP contribution < -0.4 is 0 Å². The Labute approximate surface area is 203 Å². The van der Waals surface area contributed by atoms with Gasteiger partial charge in [-0.05, 0) is 45.1 Å². The standard InChI is InChI=1S/C31H46N2/c1-6-26(3)25-31(29-21-17-13-9-8-10-14-18-22-29)32-33(28(5)27(4)7-2)30-23-19-15-11-12-16-20-24-30/h6-10,13-14,17-18,21-22,27-28,30H,2,11-12,15-16,19-20,23-25H2,1,3-5H3/b9-8?,10-8?,13-9?,14-10?,17-13?,18-14?,21-17?,22-18?,26-6-,29-21?,29-22?,32-31+. The number of allylic oxidation sites excluding steroid dienone is 2. The summed E-state index contributed by atoms with van der Waals surface area (Å²) in [6.07, 6.45) is 15.7. The molecular weight excluding hydrogens is 400 g/mol. The molecule has 0 aliphatic heterocycles. The van der Waals surface area contributed by atoms with E-state index in [0.717, 1.165) is 12.1 Å². The van der Waals surface area contributed by atoms with Crippen LogP contribution in [0.25, 0.3) is 0 Å². The Morgan fingerprint density at radius 1 is 0.939 bits per heavy atom. The molecule has 0 aromatic heterocycles. The van der Waals surface area contributed by atoms with Crippen molar-refractivity contribution in [2.75, 3.05) is 0 Å². The van der Waals surface area contributed by atoms with E-state index in [9.17, 15) is 0 Å². The fourth-order valence-electron chi connectivity index (χ4n) is 4.41. The molecule has 0 bridgehead atoms. The van der Waals surface area contributed by atoms with Crippen molar-refractivity contribution in [3.8, 4) is 0 Å². The van der Waals surface area contributed by atoms with Crippen molar-refractivity contribution in [2.24, 2.45) is 11.0 Å². The maximum Gasteiger partial charge on any atom is 0.0718 e. The molecule has 2 atom stereocenters. The Morgan fingerprint density at radius 2 is 1.45 bits per heavy atom. The van der Waals surface area contributed by atoms with Crippen LogP contribution in [0.15, 0.2) is 84.0 Å². The average Bonchev–Trinajstić information content (AvgIpc) is 2.98. The summed E-state index contributed by atoms with van der Waals surface area (Å²) in [5, 5.41) is 7.94. The van der Waals surface area contributed by atoms with Crippen LogP contribution >= 0.6 is 0 Å². The normalized spacial score (nSPS) is 18.2.